The fraction of sp³-hybridized carbons (Fsp3) is 0.571. The lowest BCUT2D eigenvalue weighted by Gasteiger charge is -2.23. The van der Waals surface area contributed by atoms with Crippen LogP contribution in [0.4, 0.5) is 0 Å². The van der Waals surface area contributed by atoms with E-state index in [0.717, 1.165) is 36.4 Å². The van der Waals surface area contributed by atoms with Gasteiger partial charge in [0, 0.05) is 18.4 Å². The van der Waals surface area contributed by atoms with Gasteiger partial charge in [0.25, 0.3) is 0 Å². The molecule has 2 heterocycles. The van der Waals surface area contributed by atoms with E-state index in [1.165, 1.54) is 6.42 Å². The monoisotopic (exact) mass is 280 g/mol. The Kier molecular flexibility index (Phi) is 4.71. The van der Waals surface area contributed by atoms with E-state index in [4.69, 9.17) is 27.4 Å². The van der Waals surface area contributed by atoms with Crippen LogP contribution in [0, 0.1) is 13.8 Å². The number of rotatable bonds is 4. The third-order valence-corrected chi connectivity index (χ3v) is 3.44. The topological polar surface area (TPSA) is 57.4 Å². The van der Waals surface area contributed by atoms with Crippen LogP contribution in [0.3, 0.4) is 0 Å². The number of ether oxygens (including phenoxy) is 2. The van der Waals surface area contributed by atoms with Gasteiger partial charge in [0.05, 0.1) is 17.4 Å². The van der Waals surface area contributed by atoms with Crippen LogP contribution in [0.15, 0.2) is 6.07 Å². The Hall–Kier alpha value is -1.20. The van der Waals surface area contributed by atoms with E-state index in [-0.39, 0.29) is 6.10 Å². The second-order valence-electron chi connectivity index (χ2n) is 4.89. The van der Waals surface area contributed by atoms with Crippen LogP contribution in [-0.4, -0.2) is 29.3 Å². The predicted octanol–water partition coefficient (Wildman–Crippen LogP) is 2.28. The van der Waals surface area contributed by atoms with Gasteiger partial charge in [0.2, 0.25) is 0 Å². The van der Waals surface area contributed by atoms with E-state index in [1.54, 1.807) is 0 Å². The van der Waals surface area contributed by atoms with Crippen molar-refractivity contribution in [2.24, 2.45) is 5.73 Å². The maximum absolute atomic E-state index is 5.87. The minimum atomic E-state index is 0.168. The van der Waals surface area contributed by atoms with Crippen LogP contribution in [-0.2, 0) is 4.74 Å². The fourth-order valence-corrected chi connectivity index (χ4v) is 2.58. The summed E-state index contributed by atoms with van der Waals surface area (Å²) in [6, 6.07) is 1.88. The summed E-state index contributed by atoms with van der Waals surface area (Å²) in [6.45, 7) is 5.19. The van der Waals surface area contributed by atoms with Gasteiger partial charge >= 0.3 is 0 Å². The predicted molar refractivity (Wildman–Crippen MR) is 78.7 cm³/mol. The van der Waals surface area contributed by atoms with Crippen molar-refractivity contribution in [1.82, 2.24) is 4.98 Å². The van der Waals surface area contributed by atoms with E-state index in [1.807, 2.05) is 19.9 Å². The number of nitrogens with two attached hydrogens (primary N) is 1. The molecule has 104 valence electrons. The Labute approximate surface area is 119 Å². The quantitative estimate of drug-likeness (QED) is 0.858. The van der Waals surface area contributed by atoms with E-state index in [9.17, 15) is 0 Å². The summed E-state index contributed by atoms with van der Waals surface area (Å²) in [5.74, 6) is 0.715. The van der Waals surface area contributed by atoms with Crippen molar-refractivity contribution in [3.8, 4) is 5.75 Å². The molecule has 0 saturated carbocycles. The lowest BCUT2D eigenvalue weighted by Crippen LogP contribution is -2.26. The molecule has 4 nitrogen and oxygen atoms in total. The van der Waals surface area contributed by atoms with E-state index in [0.29, 0.717) is 17.3 Å². The van der Waals surface area contributed by atoms with Gasteiger partial charge in [-0.05, 0) is 33.1 Å². The molecular formula is C14H20N2O2S. The van der Waals surface area contributed by atoms with Crippen molar-refractivity contribution in [2.45, 2.75) is 39.2 Å². The van der Waals surface area contributed by atoms with Crippen molar-refractivity contribution in [3.05, 3.63) is 23.0 Å². The molecule has 0 bridgehead atoms. The minimum Gasteiger partial charge on any atom is -0.490 e. The van der Waals surface area contributed by atoms with E-state index < -0.39 is 0 Å². The van der Waals surface area contributed by atoms with Gasteiger partial charge in [-0.2, -0.15) is 0 Å². The van der Waals surface area contributed by atoms with Crippen LogP contribution in [0.2, 0.25) is 0 Å². The Bertz CT molecular complexity index is 471. The summed E-state index contributed by atoms with van der Waals surface area (Å²) in [7, 11) is 0. The summed E-state index contributed by atoms with van der Waals surface area (Å²) < 4.78 is 11.5. The summed E-state index contributed by atoms with van der Waals surface area (Å²) in [5, 5.41) is 0. The van der Waals surface area contributed by atoms with Crippen LogP contribution in [0.25, 0.3) is 0 Å². The first kappa shape index (κ1) is 14.2. The first-order valence-corrected chi connectivity index (χ1v) is 7.01. The molecule has 0 amide bonds. The number of aryl methyl sites for hydroxylation is 2. The number of nitrogens with zero attached hydrogens (tertiary/aromatic N) is 1. The summed E-state index contributed by atoms with van der Waals surface area (Å²) in [4.78, 5) is 4.70. The zero-order chi connectivity index (χ0) is 13.8. The highest BCUT2D eigenvalue weighted by Crippen LogP contribution is 2.23. The maximum Gasteiger partial charge on any atom is 0.133 e. The van der Waals surface area contributed by atoms with Crippen molar-refractivity contribution in [1.29, 1.82) is 0 Å². The molecule has 0 aromatic carbocycles. The molecule has 1 aromatic heterocycles. The third-order valence-electron chi connectivity index (χ3n) is 3.24. The van der Waals surface area contributed by atoms with Crippen LogP contribution < -0.4 is 10.5 Å². The standard InChI is InChI=1S/C14H20N2O2S/c1-9-7-12(13(14(15)19)10(2)16-9)18-8-11-5-3-4-6-17-11/h7,11H,3-6,8H2,1-2H3,(H2,15,19). The van der Waals surface area contributed by atoms with Gasteiger partial charge in [-0.3, -0.25) is 4.98 Å². The lowest BCUT2D eigenvalue weighted by atomic mass is 10.1. The summed E-state index contributed by atoms with van der Waals surface area (Å²) in [5.41, 5.74) is 8.20. The first-order chi connectivity index (χ1) is 9.08. The third kappa shape index (κ3) is 3.64. The summed E-state index contributed by atoms with van der Waals surface area (Å²) >= 11 is 5.08. The molecule has 2 N–H and O–H groups in total. The molecule has 0 aliphatic carbocycles. The molecule has 2 rings (SSSR count). The molecule has 1 unspecified atom stereocenters. The number of hydrogen-bond donors (Lipinski definition) is 1. The average molecular weight is 280 g/mol. The molecule has 1 atom stereocenters. The van der Waals surface area contributed by atoms with E-state index >= 15 is 0 Å². The van der Waals surface area contributed by atoms with Crippen molar-refractivity contribution < 1.29 is 9.47 Å². The van der Waals surface area contributed by atoms with E-state index in [2.05, 4.69) is 4.98 Å². The molecule has 1 aliphatic rings. The Morgan fingerprint density at radius 2 is 2.32 bits per heavy atom. The number of hydrogen-bond acceptors (Lipinski definition) is 4. The largest absolute Gasteiger partial charge is 0.490 e. The van der Waals surface area contributed by atoms with Gasteiger partial charge in [-0.25, -0.2) is 0 Å². The highest BCUT2D eigenvalue weighted by molar-refractivity contribution is 7.80. The zero-order valence-electron chi connectivity index (χ0n) is 11.4. The molecule has 1 fully saturated rings. The van der Waals surface area contributed by atoms with Crippen molar-refractivity contribution in [3.63, 3.8) is 0 Å². The molecule has 1 aliphatic heterocycles. The first-order valence-electron chi connectivity index (χ1n) is 6.60. The second-order valence-corrected chi connectivity index (χ2v) is 5.33. The molecule has 0 spiro atoms. The van der Waals surface area contributed by atoms with Gasteiger partial charge in [0.1, 0.15) is 17.3 Å². The molecule has 1 saturated heterocycles. The van der Waals surface area contributed by atoms with Gasteiger partial charge in [-0.1, -0.05) is 12.2 Å². The molecule has 5 heteroatoms. The van der Waals surface area contributed by atoms with Crippen LogP contribution in [0.1, 0.15) is 36.2 Å². The average Bonchev–Trinajstić information content (AvgIpc) is 2.36. The Morgan fingerprint density at radius 3 is 2.95 bits per heavy atom. The van der Waals surface area contributed by atoms with Crippen LogP contribution in [0.5, 0.6) is 5.75 Å². The smallest absolute Gasteiger partial charge is 0.133 e. The molecule has 0 radical (unpaired) electrons. The molecule has 19 heavy (non-hydrogen) atoms. The number of thiocarbonyl (C=S) groups is 1. The van der Waals surface area contributed by atoms with Crippen LogP contribution >= 0.6 is 12.2 Å². The highest BCUT2D eigenvalue weighted by atomic mass is 32.1. The van der Waals surface area contributed by atoms with Gasteiger partial charge < -0.3 is 15.2 Å². The molecular weight excluding hydrogens is 260 g/mol. The SMILES string of the molecule is Cc1cc(OCC2CCCCO2)c(C(N)=S)c(C)n1. The van der Waals surface area contributed by atoms with Crippen molar-refractivity contribution in [2.75, 3.05) is 13.2 Å². The number of pyridine rings is 1. The second kappa shape index (κ2) is 6.30. The fourth-order valence-electron chi connectivity index (χ4n) is 2.33. The highest BCUT2D eigenvalue weighted by Gasteiger charge is 2.17. The van der Waals surface area contributed by atoms with Gasteiger partial charge in [0.15, 0.2) is 0 Å². The minimum absolute atomic E-state index is 0.168. The Morgan fingerprint density at radius 1 is 1.53 bits per heavy atom. The zero-order valence-corrected chi connectivity index (χ0v) is 12.3. The van der Waals surface area contributed by atoms with Gasteiger partial charge in [-0.15, -0.1) is 0 Å². The number of aromatic nitrogens is 1. The Balaban J connectivity index is 2.12. The summed E-state index contributed by atoms with van der Waals surface area (Å²) in [6.07, 6.45) is 3.56. The van der Waals surface area contributed by atoms with Crippen molar-refractivity contribution >= 4 is 17.2 Å². The normalized spacial score (nSPS) is 19.2. The molecule has 1 aromatic rings. The maximum atomic E-state index is 5.87. The lowest BCUT2D eigenvalue weighted by molar-refractivity contribution is -0.0111.